The summed E-state index contributed by atoms with van der Waals surface area (Å²) in [5.41, 5.74) is 0. The number of nitrogens with zero attached hydrogens (tertiary/aromatic N) is 1. The molecule has 0 amide bonds. The van der Waals surface area contributed by atoms with Gasteiger partial charge in [-0.1, -0.05) is 0 Å². The quantitative estimate of drug-likeness (QED) is 0.785. The molecule has 4 nitrogen and oxygen atoms in total. The molecule has 6 heteroatoms. The van der Waals surface area contributed by atoms with Crippen molar-refractivity contribution in [1.82, 2.24) is 4.31 Å². The van der Waals surface area contributed by atoms with Crippen LogP contribution in [0.25, 0.3) is 0 Å². The molecule has 15 heavy (non-hydrogen) atoms. The van der Waals surface area contributed by atoms with Gasteiger partial charge in [0, 0.05) is 14.1 Å². The Morgan fingerprint density at radius 1 is 1.33 bits per heavy atom. The molecule has 0 aliphatic rings. The number of ether oxygens (including phenoxy) is 1. The van der Waals surface area contributed by atoms with Crippen molar-refractivity contribution in [3.8, 4) is 5.75 Å². The second kappa shape index (κ2) is 4.16. The maximum Gasteiger partial charge on any atom is 0.246 e. The first-order valence-corrected chi connectivity index (χ1v) is 5.59. The third-order valence-corrected chi connectivity index (χ3v) is 3.72. The lowest BCUT2D eigenvalue weighted by Gasteiger charge is -2.14. The van der Waals surface area contributed by atoms with Crippen molar-refractivity contribution in [2.24, 2.45) is 0 Å². The number of benzene rings is 1. The number of methoxy groups -OCH3 is 1. The topological polar surface area (TPSA) is 46.6 Å². The molecule has 0 saturated carbocycles. The Labute approximate surface area is 88.3 Å². The molecule has 0 bridgehead atoms. The number of hydrogen-bond acceptors (Lipinski definition) is 3. The normalized spacial score (nSPS) is 11.8. The van der Waals surface area contributed by atoms with Gasteiger partial charge >= 0.3 is 0 Å². The van der Waals surface area contributed by atoms with Crippen molar-refractivity contribution in [2.75, 3.05) is 21.2 Å². The average Bonchev–Trinajstić information content (AvgIpc) is 2.17. The zero-order chi connectivity index (χ0) is 11.6. The Morgan fingerprint density at radius 2 is 1.93 bits per heavy atom. The van der Waals surface area contributed by atoms with Crippen LogP contribution in [0, 0.1) is 5.82 Å². The van der Waals surface area contributed by atoms with Crippen LogP contribution in [0.3, 0.4) is 0 Å². The van der Waals surface area contributed by atoms with Gasteiger partial charge in [-0.3, -0.25) is 0 Å². The summed E-state index contributed by atoms with van der Waals surface area (Å²) in [4.78, 5) is -0.171. The van der Waals surface area contributed by atoms with E-state index in [9.17, 15) is 12.8 Å². The van der Waals surface area contributed by atoms with Gasteiger partial charge in [0.1, 0.15) is 16.5 Å². The fourth-order valence-electron chi connectivity index (χ4n) is 1.05. The lowest BCUT2D eigenvalue weighted by Crippen LogP contribution is -2.22. The van der Waals surface area contributed by atoms with Gasteiger partial charge < -0.3 is 4.74 Å². The minimum absolute atomic E-state index is 0.130. The molecule has 0 saturated heterocycles. The molecule has 0 N–H and O–H groups in total. The van der Waals surface area contributed by atoms with E-state index in [1.54, 1.807) is 0 Å². The SMILES string of the molecule is COc1ccc(F)cc1S(=O)(=O)N(C)C. The van der Waals surface area contributed by atoms with E-state index in [-0.39, 0.29) is 10.6 Å². The van der Waals surface area contributed by atoms with Gasteiger partial charge in [0.25, 0.3) is 0 Å². The number of sulfonamides is 1. The van der Waals surface area contributed by atoms with E-state index in [4.69, 9.17) is 4.74 Å². The molecule has 0 aromatic heterocycles. The molecule has 0 spiro atoms. The van der Waals surface area contributed by atoms with Crippen LogP contribution in [-0.2, 0) is 10.0 Å². The van der Waals surface area contributed by atoms with Crippen LogP contribution >= 0.6 is 0 Å². The van der Waals surface area contributed by atoms with Crippen LogP contribution in [-0.4, -0.2) is 33.9 Å². The largest absolute Gasteiger partial charge is 0.495 e. The van der Waals surface area contributed by atoms with Crippen molar-refractivity contribution >= 4 is 10.0 Å². The minimum Gasteiger partial charge on any atom is -0.495 e. The Hall–Kier alpha value is -1.14. The second-order valence-corrected chi connectivity index (χ2v) is 5.20. The van der Waals surface area contributed by atoms with E-state index >= 15 is 0 Å². The van der Waals surface area contributed by atoms with Crippen LogP contribution in [0.4, 0.5) is 4.39 Å². The Balaban J connectivity index is 3.42. The predicted molar refractivity (Wildman–Crippen MR) is 53.8 cm³/mol. The van der Waals surface area contributed by atoms with E-state index in [1.165, 1.54) is 27.3 Å². The molecule has 0 heterocycles. The average molecular weight is 233 g/mol. The Kier molecular flexibility index (Phi) is 3.31. The summed E-state index contributed by atoms with van der Waals surface area (Å²) in [5, 5.41) is 0. The predicted octanol–water partition coefficient (Wildman–Crippen LogP) is 1.08. The van der Waals surface area contributed by atoms with Gasteiger partial charge in [-0.05, 0) is 18.2 Å². The monoisotopic (exact) mass is 233 g/mol. The van der Waals surface area contributed by atoms with Gasteiger partial charge in [0.15, 0.2) is 0 Å². The highest BCUT2D eigenvalue weighted by Crippen LogP contribution is 2.26. The highest BCUT2D eigenvalue weighted by atomic mass is 32.2. The van der Waals surface area contributed by atoms with Crippen molar-refractivity contribution in [2.45, 2.75) is 4.90 Å². The second-order valence-electron chi connectivity index (χ2n) is 3.08. The van der Waals surface area contributed by atoms with Gasteiger partial charge in [0.2, 0.25) is 10.0 Å². The van der Waals surface area contributed by atoms with Gasteiger partial charge in [-0.2, -0.15) is 0 Å². The third-order valence-electron chi connectivity index (χ3n) is 1.88. The van der Waals surface area contributed by atoms with Gasteiger partial charge in [-0.15, -0.1) is 0 Å². The molecule has 0 aliphatic carbocycles. The van der Waals surface area contributed by atoms with E-state index in [2.05, 4.69) is 0 Å². The standard InChI is InChI=1S/C9H12FNO3S/c1-11(2)15(12,13)9-6-7(10)4-5-8(9)14-3/h4-6H,1-3H3. The van der Waals surface area contributed by atoms with Crippen molar-refractivity contribution in [3.05, 3.63) is 24.0 Å². The molecule has 1 aromatic rings. The van der Waals surface area contributed by atoms with Crippen molar-refractivity contribution in [3.63, 3.8) is 0 Å². The molecule has 0 fully saturated rings. The lowest BCUT2D eigenvalue weighted by atomic mass is 10.3. The van der Waals surface area contributed by atoms with Gasteiger partial charge in [0.05, 0.1) is 7.11 Å². The van der Waals surface area contributed by atoms with E-state index in [1.807, 2.05) is 0 Å². The number of halogens is 1. The minimum atomic E-state index is -3.67. The van der Waals surface area contributed by atoms with Crippen LogP contribution in [0.1, 0.15) is 0 Å². The van der Waals surface area contributed by atoms with Crippen LogP contribution < -0.4 is 4.74 Å². The molecular weight excluding hydrogens is 221 g/mol. The maximum atomic E-state index is 12.9. The molecule has 1 aromatic carbocycles. The zero-order valence-electron chi connectivity index (χ0n) is 8.69. The highest BCUT2D eigenvalue weighted by molar-refractivity contribution is 7.89. The zero-order valence-corrected chi connectivity index (χ0v) is 9.51. The van der Waals surface area contributed by atoms with E-state index in [0.29, 0.717) is 0 Å². The smallest absolute Gasteiger partial charge is 0.246 e. The van der Waals surface area contributed by atoms with Gasteiger partial charge in [-0.25, -0.2) is 17.1 Å². The fourth-order valence-corrected chi connectivity index (χ4v) is 2.11. The van der Waals surface area contributed by atoms with Crippen LogP contribution in [0.2, 0.25) is 0 Å². The molecule has 0 aliphatic heterocycles. The Morgan fingerprint density at radius 3 is 2.40 bits per heavy atom. The maximum absolute atomic E-state index is 12.9. The highest BCUT2D eigenvalue weighted by Gasteiger charge is 2.22. The fraction of sp³-hybridized carbons (Fsp3) is 0.333. The summed E-state index contributed by atoms with van der Waals surface area (Å²) < 4.78 is 42.3. The van der Waals surface area contributed by atoms with E-state index in [0.717, 1.165) is 16.4 Å². The molecular formula is C9H12FNO3S. The first kappa shape index (κ1) is 11.9. The summed E-state index contributed by atoms with van der Waals surface area (Å²) in [6.07, 6.45) is 0. The van der Waals surface area contributed by atoms with Crippen LogP contribution in [0.15, 0.2) is 23.1 Å². The molecule has 0 atom stereocenters. The molecule has 84 valence electrons. The van der Waals surface area contributed by atoms with Crippen LogP contribution in [0.5, 0.6) is 5.75 Å². The van der Waals surface area contributed by atoms with Crippen molar-refractivity contribution in [1.29, 1.82) is 0 Å². The molecule has 0 radical (unpaired) electrons. The number of hydrogen-bond donors (Lipinski definition) is 0. The molecule has 0 unspecified atom stereocenters. The Bertz CT molecular complexity index is 456. The summed E-state index contributed by atoms with van der Waals surface area (Å²) in [7, 11) is 0.411. The lowest BCUT2D eigenvalue weighted by molar-refractivity contribution is 0.398. The number of rotatable bonds is 3. The summed E-state index contributed by atoms with van der Waals surface area (Å²) in [6, 6.07) is 3.37. The first-order valence-electron chi connectivity index (χ1n) is 4.15. The summed E-state index contributed by atoms with van der Waals surface area (Å²) in [6.45, 7) is 0. The van der Waals surface area contributed by atoms with E-state index < -0.39 is 15.8 Å². The van der Waals surface area contributed by atoms with Crippen molar-refractivity contribution < 1.29 is 17.5 Å². The molecule has 1 rings (SSSR count). The summed E-state index contributed by atoms with van der Waals surface area (Å²) >= 11 is 0. The summed E-state index contributed by atoms with van der Waals surface area (Å²) in [5.74, 6) is -0.485. The third kappa shape index (κ3) is 2.27. The first-order chi connectivity index (χ1) is 6.89.